The largest absolute Gasteiger partial charge is 0.282 e. The average molecular weight is 335 g/mol. The van der Waals surface area contributed by atoms with Crippen molar-refractivity contribution in [3.8, 4) is 11.1 Å². The zero-order chi connectivity index (χ0) is 17.0. The molecule has 0 spiro atoms. The first-order chi connectivity index (χ1) is 11.5. The molecule has 0 unspecified atom stereocenters. The Kier molecular flexibility index (Phi) is 4.58. The molecule has 3 aromatic rings. The van der Waals surface area contributed by atoms with Crippen LogP contribution in [0.25, 0.3) is 11.1 Å². The summed E-state index contributed by atoms with van der Waals surface area (Å²) in [5.41, 5.74) is 3.95. The average Bonchev–Trinajstić information content (AvgIpc) is 2.62. The van der Waals surface area contributed by atoms with Crippen LogP contribution in [0.3, 0.4) is 0 Å². The second-order valence-electron chi connectivity index (χ2n) is 5.51. The Morgan fingerprint density at radius 2 is 1.33 bits per heavy atom. The standard InChI is InChI=1S/C20H17NO2S/c1-16-7-13-20(14-8-16)24(22,23)21-15-17-9-11-19(12-10-17)18-5-3-2-4-6-18/h2-15H,1H3/b21-15-. The van der Waals surface area contributed by atoms with E-state index in [0.29, 0.717) is 0 Å². The van der Waals surface area contributed by atoms with Crippen LogP contribution in [-0.2, 0) is 10.0 Å². The molecule has 0 saturated carbocycles. The van der Waals surface area contributed by atoms with Gasteiger partial charge in [-0.25, -0.2) is 0 Å². The lowest BCUT2D eigenvalue weighted by atomic mass is 10.0. The predicted molar refractivity (Wildman–Crippen MR) is 97.8 cm³/mol. The molecule has 0 aliphatic carbocycles. The minimum absolute atomic E-state index is 0.199. The van der Waals surface area contributed by atoms with Gasteiger partial charge in [0.1, 0.15) is 0 Å². The van der Waals surface area contributed by atoms with E-state index in [9.17, 15) is 8.42 Å². The molecule has 0 fully saturated rings. The Morgan fingerprint density at radius 3 is 1.96 bits per heavy atom. The Bertz CT molecular complexity index is 943. The Morgan fingerprint density at radius 1 is 0.750 bits per heavy atom. The van der Waals surface area contributed by atoms with Crippen LogP contribution in [0.4, 0.5) is 0 Å². The van der Waals surface area contributed by atoms with Gasteiger partial charge in [-0.3, -0.25) is 0 Å². The topological polar surface area (TPSA) is 46.5 Å². The molecule has 0 aliphatic rings. The molecule has 0 amide bonds. The third-order valence-corrected chi connectivity index (χ3v) is 4.93. The zero-order valence-corrected chi connectivity index (χ0v) is 14.1. The number of aryl methyl sites for hydroxylation is 1. The number of hydrogen-bond donors (Lipinski definition) is 0. The second-order valence-corrected chi connectivity index (χ2v) is 7.14. The minimum Gasteiger partial charge on any atom is -0.199 e. The normalized spacial score (nSPS) is 11.7. The van der Waals surface area contributed by atoms with Crippen LogP contribution < -0.4 is 0 Å². The first-order valence-electron chi connectivity index (χ1n) is 7.57. The Balaban J connectivity index is 1.80. The maximum Gasteiger partial charge on any atom is 0.282 e. The fourth-order valence-corrected chi connectivity index (χ4v) is 3.16. The number of sulfonamides is 1. The summed E-state index contributed by atoms with van der Waals surface area (Å²) in [5, 5.41) is 0. The summed E-state index contributed by atoms with van der Waals surface area (Å²) in [5.74, 6) is 0. The van der Waals surface area contributed by atoms with Crippen molar-refractivity contribution in [2.75, 3.05) is 0 Å². The quantitative estimate of drug-likeness (QED) is 0.660. The molecule has 0 aromatic heterocycles. The van der Waals surface area contributed by atoms with Crippen molar-refractivity contribution < 1.29 is 8.42 Å². The van der Waals surface area contributed by atoms with Crippen LogP contribution in [0.2, 0.25) is 0 Å². The Labute approximate surface area is 142 Å². The van der Waals surface area contributed by atoms with Gasteiger partial charge in [0.2, 0.25) is 0 Å². The third-order valence-electron chi connectivity index (χ3n) is 3.68. The van der Waals surface area contributed by atoms with E-state index in [1.165, 1.54) is 6.21 Å². The van der Waals surface area contributed by atoms with Crippen molar-refractivity contribution in [1.82, 2.24) is 0 Å². The van der Waals surface area contributed by atoms with Crippen LogP contribution in [0.5, 0.6) is 0 Å². The maximum atomic E-state index is 12.2. The first kappa shape index (κ1) is 16.1. The number of benzene rings is 3. The van der Waals surface area contributed by atoms with Gasteiger partial charge in [0, 0.05) is 6.21 Å². The van der Waals surface area contributed by atoms with Gasteiger partial charge in [-0.05, 0) is 35.7 Å². The van der Waals surface area contributed by atoms with Gasteiger partial charge in [0.15, 0.2) is 0 Å². The highest BCUT2D eigenvalue weighted by atomic mass is 32.2. The van der Waals surface area contributed by atoms with Gasteiger partial charge in [0.05, 0.1) is 4.90 Å². The van der Waals surface area contributed by atoms with Crippen LogP contribution >= 0.6 is 0 Å². The molecular weight excluding hydrogens is 318 g/mol. The molecule has 0 heterocycles. The molecule has 0 atom stereocenters. The van der Waals surface area contributed by atoms with Gasteiger partial charge < -0.3 is 0 Å². The van der Waals surface area contributed by atoms with Crippen molar-refractivity contribution in [2.45, 2.75) is 11.8 Å². The molecule has 120 valence electrons. The van der Waals surface area contributed by atoms with E-state index < -0.39 is 10.0 Å². The molecule has 0 radical (unpaired) electrons. The highest BCUT2D eigenvalue weighted by Gasteiger charge is 2.10. The molecule has 0 saturated heterocycles. The second kappa shape index (κ2) is 6.81. The molecule has 3 nitrogen and oxygen atoms in total. The number of hydrogen-bond acceptors (Lipinski definition) is 2. The highest BCUT2D eigenvalue weighted by molar-refractivity contribution is 7.90. The SMILES string of the molecule is Cc1ccc(S(=O)(=O)/N=C\c2ccc(-c3ccccc3)cc2)cc1. The van der Waals surface area contributed by atoms with Gasteiger partial charge in [-0.2, -0.15) is 12.8 Å². The van der Waals surface area contributed by atoms with Crippen LogP contribution in [-0.4, -0.2) is 14.6 Å². The van der Waals surface area contributed by atoms with E-state index in [2.05, 4.69) is 4.40 Å². The van der Waals surface area contributed by atoms with Crippen LogP contribution in [0, 0.1) is 6.92 Å². The monoisotopic (exact) mass is 335 g/mol. The maximum absolute atomic E-state index is 12.2. The smallest absolute Gasteiger partial charge is 0.199 e. The fraction of sp³-hybridized carbons (Fsp3) is 0.0500. The van der Waals surface area contributed by atoms with Crippen LogP contribution in [0.15, 0.2) is 88.2 Å². The molecule has 0 N–H and O–H groups in total. The van der Waals surface area contributed by atoms with Gasteiger partial charge in [-0.1, -0.05) is 72.3 Å². The van der Waals surface area contributed by atoms with E-state index >= 15 is 0 Å². The summed E-state index contributed by atoms with van der Waals surface area (Å²) in [6, 6.07) is 24.3. The predicted octanol–water partition coefficient (Wildman–Crippen LogP) is 4.47. The summed E-state index contributed by atoms with van der Waals surface area (Å²) in [4.78, 5) is 0.199. The lowest BCUT2D eigenvalue weighted by Crippen LogP contribution is -1.97. The van der Waals surface area contributed by atoms with Crippen molar-refractivity contribution in [1.29, 1.82) is 0 Å². The summed E-state index contributed by atoms with van der Waals surface area (Å²) < 4.78 is 28.2. The van der Waals surface area contributed by atoms with E-state index in [1.54, 1.807) is 24.3 Å². The molecule has 0 aliphatic heterocycles. The molecule has 24 heavy (non-hydrogen) atoms. The lowest BCUT2D eigenvalue weighted by molar-refractivity contribution is 0.598. The van der Waals surface area contributed by atoms with E-state index in [1.807, 2.05) is 61.5 Å². The zero-order valence-electron chi connectivity index (χ0n) is 13.3. The molecule has 0 bridgehead atoms. The van der Waals surface area contributed by atoms with Gasteiger partial charge >= 0.3 is 0 Å². The van der Waals surface area contributed by atoms with Crippen molar-refractivity contribution in [3.05, 3.63) is 90.0 Å². The third kappa shape index (κ3) is 3.78. The van der Waals surface area contributed by atoms with Crippen LogP contribution in [0.1, 0.15) is 11.1 Å². The van der Waals surface area contributed by atoms with Crippen molar-refractivity contribution in [3.63, 3.8) is 0 Å². The Hall–Kier alpha value is -2.72. The van der Waals surface area contributed by atoms with Crippen molar-refractivity contribution >= 4 is 16.2 Å². The molecule has 3 rings (SSSR count). The van der Waals surface area contributed by atoms with E-state index in [0.717, 1.165) is 22.3 Å². The summed E-state index contributed by atoms with van der Waals surface area (Å²) in [7, 11) is -3.67. The summed E-state index contributed by atoms with van der Waals surface area (Å²) in [6.07, 6.45) is 1.38. The molecule has 3 aromatic carbocycles. The van der Waals surface area contributed by atoms with E-state index in [-0.39, 0.29) is 4.90 Å². The minimum atomic E-state index is -3.67. The fourth-order valence-electron chi connectivity index (χ4n) is 2.29. The molecular formula is C20H17NO2S. The van der Waals surface area contributed by atoms with Crippen molar-refractivity contribution in [2.24, 2.45) is 4.40 Å². The van der Waals surface area contributed by atoms with E-state index in [4.69, 9.17) is 0 Å². The highest BCUT2D eigenvalue weighted by Crippen LogP contribution is 2.19. The van der Waals surface area contributed by atoms with Gasteiger partial charge in [0.25, 0.3) is 10.0 Å². The number of nitrogens with zero attached hydrogens (tertiary/aromatic N) is 1. The summed E-state index contributed by atoms with van der Waals surface area (Å²) in [6.45, 7) is 1.91. The summed E-state index contributed by atoms with van der Waals surface area (Å²) >= 11 is 0. The number of rotatable bonds is 4. The molecule has 4 heteroatoms. The van der Waals surface area contributed by atoms with Gasteiger partial charge in [-0.15, -0.1) is 0 Å². The lowest BCUT2D eigenvalue weighted by Gasteiger charge is -2.02. The first-order valence-corrected chi connectivity index (χ1v) is 9.01.